The first-order chi connectivity index (χ1) is 21.0. The quantitative estimate of drug-likeness (QED) is 0.123. The van der Waals surface area contributed by atoms with E-state index in [2.05, 4.69) is 0 Å². The van der Waals surface area contributed by atoms with Gasteiger partial charge in [0.25, 0.3) is 0 Å². The lowest BCUT2D eigenvalue weighted by atomic mass is 9.79. The van der Waals surface area contributed by atoms with E-state index in [-0.39, 0.29) is 0 Å². The molecule has 5 rings (SSSR count). The van der Waals surface area contributed by atoms with Crippen LogP contribution in [0.5, 0.6) is 23.0 Å². The molecule has 43 heavy (non-hydrogen) atoms. The Labute approximate surface area is 250 Å². The van der Waals surface area contributed by atoms with Crippen molar-refractivity contribution in [1.82, 2.24) is 0 Å². The van der Waals surface area contributed by atoms with E-state index in [4.69, 9.17) is 18.9 Å². The highest BCUT2D eigenvalue weighted by atomic mass is 16.6. The van der Waals surface area contributed by atoms with Crippen molar-refractivity contribution in [2.75, 3.05) is 28.4 Å². The third kappa shape index (κ3) is 5.65. The molecule has 0 unspecified atom stereocenters. The first-order valence-electron chi connectivity index (χ1n) is 13.6. The number of rotatable bonds is 10. The summed E-state index contributed by atoms with van der Waals surface area (Å²) in [5.74, 6) is 2.56. The Morgan fingerprint density at radius 1 is 0.512 bits per heavy atom. The van der Waals surface area contributed by atoms with Gasteiger partial charge in [0.15, 0.2) is 0 Å². The normalized spacial score (nSPS) is 10.9. The third-order valence-electron chi connectivity index (χ3n) is 7.26. The van der Waals surface area contributed by atoms with Gasteiger partial charge in [-0.05, 0) is 41.5 Å². The average molecular weight is 574 g/mol. The monoisotopic (exact) mass is 573 g/mol. The Hall–Kier alpha value is -5.56. The number of benzene rings is 5. The summed E-state index contributed by atoms with van der Waals surface area (Å²) >= 11 is 0. The molecule has 0 heterocycles. The fourth-order valence-electron chi connectivity index (χ4n) is 5.45. The molecule has 0 amide bonds. The van der Waals surface area contributed by atoms with Crippen LogP contribution in [0.2, 0.25) is 0 Å². The zero-order valence-corrected chi connectivity index (χ0v) is 24.4. The van der Waals surface area contributed by atoms with E-state index in [1.807, 2.05) is 103 Å². The van der Waals surface area contributed by atoms with E-state index in [1.54, 1.807) is 28.4 Å². The topological polar surface area (TPSA) is 80.1 Å². The van der Waals surface area contributed by atoms with Crippen molar-refractivity contribution >= 4 is 6.08 Å². The Morgan fingerprint density at radius 2 is 0.884 bits per heavy atom. The summed E-state index contributed by atoms with van der Waals surface area (Å²) in [7, 11) is 6.50. The number of para-hydroxylation sites is 4. The molecule has 0 aromatic heterocycles. The highest BCUT2D eigenvalue weighted by Gasteiger charge is 2.28. The molecule has 0 saturated heterocycles. The lowest BCUT2D eigenvalue weighted by Crippen LogP contribution is -2.02. The summed E-state index contributed by atoms with van der Waals surface area (Å²) in [4.78, 5) is 11.2. The molecule has 0 aliphatic heterocycles. The number of hydrogen-bond donors (Lipinski definition) is 0. The molecule has 0 saturated carbocycles. The Kier molecular flexibility index (Phi) is 8.72. The maximum Gasteiger partial charge on any atom is 0.235 e. The van der Waals surface area contributed by atoms with Gasteiger partial charge in [-0.15, -0.1) is 0 Å². The number of nitro groups is 1. The van der Waals surface area contributed by atoms with Gasteiger partial charge in [-0.3, -0.25) is 10.1 Å². The van der Waals surface area contributed by atoms with E-state index in [1.165, 1.54) is 6.08 Å². The Morgan fingerprint density at radius 3 is 1.33 bits per heavy atom. The van der Waals surface area contributed by atoms with Crippen LogP contribution in [0.3, 0.4) is 0 Å². The van der Waals surface area contributed by atoms with Crippen molar-refractivity contribution in [3.8, 4) is 67.5 Å². The minimum absolute atomic E-state index is 0.467. The standard InChI is InChI=1S/C36H31NO6/c1-40-30-17-9-5-13-25(30)29-23-24(21-22-37(38)39)34(26-14-6-10-18-31(26)41-2)36(28-16-8-12-20-33(28)43-4)35(29)27-15-7-11-19-32(27)42-3/h5-23H,1-4H3/b22-21+. The number of nitrogens with zero attached hydrogens (tertiary/aromatic N) is 1. The van der Waals surface area contributed by atoms with Crippen molar-refractivity contribution in [3.63, 3.8) is 0 Å². The van der Waals surface area contributed by atoms with Gasteiger partial charge in [0.2, 0.25) is 6.20 Å². The summed E-state index contributed by atoms with van der Waals surface area (Å²) in [6, 6.07) is 32.8. The minimum Gasteiger partial charge on any atom is -0.496 e. The largest absolute Gasteiger partial charge is 0.496 e. The zero-order chi connectivity index (χ0) is 30.3. The molecule has 5 aromatic carbocycles. The van der Waals surface area contributed by atoms with E-state index in [0.717, 1.165) is 50.7 Å². The predicted octanol–water partition coefficient (Wildman–Crippen LogP) is 8.64. The van der Waals surface area contributed by atoms with Crippen molar-refractivity contribution in [2.45, 2.75) is 0 Å². The zero-order valence-electron chi connectivity index (χ0n) is 24.4. The van der Waals surface area contributed by atoms with Gasteiger partial charge in [-0.1, -0.05) is 72.8 Å². The van der Waals surface area contributed by atoms with Crippen LogP contribution in [-0.4, -0.2) is 33.4 Å². The second kappa shape index (κ2) is 13.0. The Balaban J connectivity index is 2.12. The van der Waals surface area contributed by atoms with Crippen LogP contribution in [0.15, 0.2) is 109 Å². The molecule has 0 bridgehead atoms. The van der Waals surface area contributed by atoms with Crippen LogP contribution in [-0.2, 0) is 0 Å². The number of hydrogen-bond acceptors (Lipinski definition) is 6. The van der Waals surface area contributed by atoms with Crippen LogP contribution in [0.4, 0.5) is 0 Å². The molecule has 0 fully saturated rings. The molecule has 5 aromatic rings. The van der Waals surface area contributed by atoms with Gasteiger partial charge in [0.05, 0.1) is 33.4 Å². The van der Waals surface area contributed by atoms with Gasteiger partial charge >= 0.3 is 0 Å². The lowest BCUT2D eigenvalue weighted by Gasteiger charge is -2.26. The SMILES string of the molecule is COc1ccccc1-c1cc(/C=C/[N+](=O)[O-])c(-c2ccccc2OC)c(-c2ccccc2OC)c1-c1ccccc1OC. The molecule has 7 nitrogen and oxygen atoms in total. The molecule has 0 N–H and O–H groups in total. The van der Waals surface area contributed by atoms with Crippen molar-refractivity contribution in [1.29, 1.82) is 0 Å². The molecule has 0 aliphatic rings. The second-order valence-corrected chi connectivity index (χ2v) is 9.54. The van der Waals surface area contributed by atoms with E-state index in [0.29, 0.717) is 28.6 Å². The Bertz CT molecular complexity index is 1810. The van der Waals surface area contributed by atoms with Crippen LogP contribution < -0.4 is 18.9 Å². The molecular weight excluding hydrogens is 542 g/mol. The molecule has 7 heteroatoms. The van der Waals surface area contributed by atoms with Gasteiger partial charge in [0, 0.05) is 45.0 Å². The van der Waals surface area contributed by atoms with Crippen LogP contribution in [0.1, 0.15) is 5.56 Å². The highest BCUT2D eigenvalue weighted by Crippen LogP contribution is 2.53. The molecular formula is C36H31NO6. The third-order valence-corrected chi connectivity index (χ3v) is 7.26. The highest BCUT2D eigenvalue weighted by molar-refractivity contribution is 6.07. The molecule has 0 aliphatic carbocycles. The van der Waals surface area contributed by atoms with E-state index in [9.17, 15) is 10.1 Å². The summed E-state index contributed by atoms with van der Waals surface area (Å²) in [5.41, 5.74) is 6.96. The predicted molar refractivity (Wildman–Crippen MR) is 170 cm³/mol. The summed E-state index contributed by atoms with van der Waals surface area (Å²) < 4.78 is 23.5. The summed E-state index contributed by atoms with van der Waals surface area (Å²) in [6.45, 7) is 0. The first-order valence-corrected chi connectivity index (χ1v) is 13.6. The lowest BCUT2D eigenvalue weighted by molar-refractivity contribution is -0.400. The number of ether oxygens (including phenoxy) is 4. The second-order valence-electron chi connectivity index (χ2n) is 9.54. The minimum atomic E-state index is -0.467. The molecule has 0 atom stereocenters. The van der Waals surface area contributed by atoms with Gasteiger partial charge in [-0.25, -0.2) is 0 Å². The fraction of sp³-hybridized carbons (Fsp3) is 0.111. The van der Waals surface area contributed by atoms with E-state index >= 15 is 0 Å². The first kappa shape index (κ1) is 29.0. The maximum atomic E-state index is 11.7. The van der Waals surface area contributed by atoms with Gasteiger partial charge in [0.1, 0.15) is 23.0 Å². The van der Waals surface area contributed by atoms with Crippen molar-refractivity contribution < 1.29 is 23.9 Å². The smallest absolute Gasteiger partial charge is 0.235 e. The summed E-state index contributed by atoms with van der Waals surface area (Å²) in [6.07, 6.45) is 2.47. The summed E-state index contributed by atoms with van der Waals surface area (Å²) in [5, 5.41) is 11.7. The fourth-order valence-corrected chi connectivity index (χ4v) is 5.45. The molecule has 0 radical (unpaired) electrons. The molecule has 0 spiro atoms. The maximum absolute atomic E-state index is 11.7. The number of methoxy groups -OCH3 is 4. The average Bonchev–Trinajstić information content (AvgIpc) is 3.06. The van der Waals surface area contributed by atoms with Gasteiger partial charge < -0.3 is 18.9 Å². The van der Waals surface area contributed by atoms with Gasteiger partial charge in [-0.2, -0.15) is 0 Å². The van der Waals surface area contributed by atoms with Crippen LogP contribution in [0, 0.1) is 10.1 Å². The van der Waals surface area contributed by atoms with E-state index < -0.39 is 4.92 Å². The van der Waals surface area contributed by atoms with Crippen LogP contribution >= 0.6 is 0 Å². The van der Waals surface area contributed by atoms with Crippen molar-refractivity contribution in [2.24, 2.45) is 0 Å². The van der Waals surface area contributed by atoms with Crippen LogP contribution in [0.25, 0.3) is 50.6 Å². The van der Waals surface area contributed by atoms with Crippen molar-refractivity contribution in [3.05, 3.63) is 125 Å². The molecule has 216 valence electrons.